The van der Waals surface area contributed by atoms with Crippen LogP contribution in [0.15, 0.2) is 0 Å². The highest BCUT2D eigenvalue weighted by molar-refractivity contribution is 7.93. The molecule has 0 aromatic rings. The van der Waals surface area contributed by atoms with Gasteiger partial charge in [0.25, 0.3) is 0 Å². The van der Waals surface area contributed by atoms with E-state index in [4.69, 9.17) is 0 Å². The first kappa shape index (κ1) is 15.4. The van der Waals surface area contributed by atoms with Crippen molar-refractivity contribution < 1.29 is 13.2 Å². The number of hydrogen-bond donors (Lipinski definition) is 0. The molecule has 1 aliphatic heterocycles. The van der Waals surface area contributed by atoms with E-state index in [0.29, 0.717) is 5.75 Å². The first-order valence-corrected chi connectivity index (χ1v) is 7.34. The van der Waals surface area contributed by atoms with Crippen molar-refractivity contribution in [2.75, 3.05) is 19.8 Å². The lowest BCUT2D eigenvalue weighted by Gasteiger charge is -2.24. The smallest absolute Gasteiger partial charge is 0.209 e. The van der Waals surface area contributed by atoms with E-state index in [1.807, 2.05) is 13.8 Å². The number of rotatable bonds is 3. The number of carbonyl (C=O) groups excluding carboxylic acids is 1. The topological polar surface area (TPSA) is 54.5 Å². The molecule has 4 nitrogen and oxygen atoms in total. The van der Waals surface area contributed by atoms with Crippen molar-refractivity contribution in [1.82, 2.24) is 4.90 Å². The molecule has 96 valence electrons. The lowest BCUT2D eigenvalue weighted by molar-refractivity contribution is -0.115. The molecule has 0 aliphatic carbocycles. The minimum absolute atomic E-state index is 0.354. The Hall–Kier alpha value is -0.580. The van der Waals surface area contributed by atoms with Crippen molar-refractivity contribution in [3.8, 4) is 0 Å². The Morgan fingerprint density at radius 2 is 1.69 bits per heavy atom. The van der Waals surface area contributed by atoms with Crippen LogP contribution >= 0.6 is 0 Å². The zero-order valence-electron chi connectivity index (χ0n) is 10.7. The maximum Gasteiger partial charge on any atom is 0.209 e. The molecule has 1 amide bonds. The molecule has 1 aliphatic rings. The molecule has 1 heterocycles. The molecule has 0 bridgehead atoms. The Bertz CT molecular complexity index is 305. The van der Waals surface area contributed by atoms with E-state index in [1.165, 1.54) is 4.90 Å². The van der Waals surface area contributed by atoms with E-state index in [9.17, 15) is 13.2 Å². The van der Waals surface area contributed by atoms with Gasteiger partial charge in [0.05, 0.1) is 10.5 Å². The summed E-state index contributed by atoms with van der Waals surface area (Å²) in [5.74, 6) is 0.411. The standard InChI is InChI=1S/C8H16O2S.C3H7NO/c1-3-8(4-2)6-5-7-11(8,9)10;1-4(2)3-5/h3-7H2,1-2H3;3H,1-2H3. The number of amides is 1. The van der Waals surface area contributed by atoms with Crippen LogP contribution in [0.5, 0.6) is 0 Å². The van der Waals surface area contributed by atoms with Gasteiger partial charge < -0.3 is 4.90 Å². The van der Waals surface area contributed by atoms with Gasteiger partial charge in [0.2, 0.25) is 6.41 Å². The van der Waals surface area contributed by atoms with E-state index >= 15 is 0 Å². The highest BCUT2D eigenvalue weighted by Gasteiger charge is 2.44. The predicted octanol–water partition coefficient (Wildman–Crippen LogP) is 1.46. The lowest BCUT2D eigenvalue weighted by Crippen LogP contribution is -2.32. The van der Waals surface area contributed by atoms with Crippen molar-refractivity contribution in [2.45, 2.75) is 44.3 Å². The first-order chi connectivity index (χ1) is 7.35. The maximum atomic E-state index is 11.5. The second-order valence-electron chi connectivity index (χ2n) is 4.38. The fourth-order valence-electron chi connectivity index (χ4n) is 2.00. The van der Waals surface area contributed by atoms with Crippen LogP contribution in [-0.4, -0.2) is 44.3 Å². The van der Waals surface area contributed by atoms with Crippen molar-refractivity contribution in [3.05, 3.63) is 0 Å². The van der Waals surface area contributed by atoms with Gasteiger partial charge in [0, 0.05) is 14.1 Å². The fourth-order valence-corrected chi connectivity index (χ4v) is 4.29. The van der Waals surface area contributed by atoms with Gasteiger partial charge in [-0.15, -0.1) is 0 Å². The van der Waals surface area contributed by atoms with E-state index in [0.717, 1.165) is 32.1 Å². The molecule has 0 N–H and O–H groups in total. The minimum atomic E-state index is -2.75. The number of nitrogens with zero attached hydrogens (tertiary/aromatic N) is 1. The summed E-state index contributed by atoms with van der Waals surface area (Å²) in [6.45, 7) is 3.96. The van der Waals surface area contributed by atoms with Gasteiger partial charge in [-0.3, -0.25) is 4.79 Å². The Morgan fingerprint density at radius 3 is 1.81 bits per heavy atom. The van der Waals surface area contributed by atoms with Gasteiger partial charge in [-0.1, -0.05) is 13.8 Å². The molecule has 5 heteroatoms. The van der Waals surface area contributed by atoms with Crippen molar-refractivity contribution in [3.63, 3.8) is 0 Å². The van der Waals surface area contributed by atoms with Crippen LogP contribution in [0.4, 0.5) is 0 Å². The van der Waals surface area contributed by atoms with Gasteiger partial charge in [-0.25, -0.2) is 8.42 Å². The zero-order chi connectivity index (χ0) is 12.8. The Labute approximate surface area is 98.9 Å². The Kier molecular flexibility index (Phi) is 6.00. The first-order valence-electron chi connectivity index (χ1n) is 5.69. The van der Waals surface area contributed by atoms with Crippen molar-refractivity contribution in [2.24, 2.45) is 0 Å². The quantitative estimate of drug-likeness (QED) is 0.712. The normalized spacial score (nSPS) is 20.8. The third kappa shape index (κ3) is 3.47. The fraction of sp³-hybridized carbons (Fsp3) is 0.909. The Morgan fingerprint density at radius 1 is 1.25 bits per heavy atom. The molecule has 1 rings (SSSR count). The van der Waals surface area contributed by atoms with Crippen LogP contribution in [0.25, 0.3) is 0 Å². The van der Waals surface area contributed by atoms with Crippen LogP contribution in [0, 0.1) is 0 Å². The lowest BCUT2D eigenvalue weighted by atomic mass is 9.97. The molecule has 0 spiro atoms. The predicted molar refractivity (Wildman–Crippen MR) is 66.1 cm³/mol. The molecule has 0 atom stereocenters. The third-order valence-corrected chi connectivity index (χ3v) is 6.13. The highest BCUT2D eigenvalue weighted by atomic mass is 32.2. The van der Waals surface area contributed by atoms with Crippen LogP contribution < -0.4 is 0 Å². The second kappa shape index (κ2) is 6.23. The monoisotopic (exact) mass is 249 g/mol. The average Bonchev–Trinajstić information content (AvgIpc) is 2.54. The molecule has 0 aromatic carbocycles. The molecule has 0 unspecified atom stereocenters. The third-order valence-electron chi connectivity index (χ3n) is 3.20. The molecule has 16 heavy (non-hydrogen) atoms. The van der Waals surface area contributed by atoms with Crippen LogP contribution in [0.2, 0.25) is 0 Å². The summed E-state index contributed by atoms with van der Waals surface area (Å²) in [6.07, 6.45) is 4.06. The molecular formula is C11H23NO3S. The van der Waals surface area contributed by atoms with Gasteiger partial charge in [-0.05, 0) is 25.7 Å². The SMILES string of the molecule is CCC1(CC)CCCS1(=O)=O.CN(C)C=O. The summed E-state index contributed by atoms with van der Waals surface area (Å²) in [5, 5.41) is 0. The summed E-state index contributed by atoms with van der Waals surface area (Å²) in [5.41, 5.74) is 0. The van der Waals surface area contributed by atoms with Gasteiger partial charge >= 0.3 is 0 Å². The van der Waals surface area contributed by atoms with Gasteiger partial charge in [0.1, 0.15) is 0 Å². The maximum absolute atomic E-state index is 11.5. The summed E-state index contributed by atoms with van der Waals surface area (Å²) < 4.78 is 22.7. The molecule has 0 saturated carbocycles. The summed E-state index contributed by atoms with van der Waals surface area (Å²) in [7, 11) is 0.626. The number of carbonyl (C=O) groups is 1. The van der Waals surface area contributed by atoms with E-state index < -0.39 is 9.84 Å². The van der Waals surface area contributed by atoms with Crippen LogP contribution in [-0.2, 0) is 14.6 Å². The largest absolute Gasteiger partial charge is 0.351 e. The summed E-state index contributed by atoms with van der Waals surface area (Å²) in [4.78, 5) is 10.9. The van der Waals surface area contributed by atoms with Crippen LogP contribution in [0.3, 0.4) is 0 Å². The zero-order valence-corrected chi connectivity index (χ0v) is 11.5. The minimum Gasteiger partial charge on any atom is -0.351 e. The van der Waals surface area contributed by atoms with Crippen molar-refractivity contribution >= 4 is 16.2 Å². The van der Waals surface area contributed by atoms with E-state index in [-0.39, 0.29) is 4.75 Å². The number of hydrogen-bond acceptors (Lipinski definition) is 3. The van der Waals surface area contributed by atoms with E-state index in [2.05, 4.69) is 0 Å². The van der Waals surface area contributed by atoms with E-state index in [1.54, 1.807) is 14.1 Å². The second-order valence-corrected chi connectivity index (χ2v) is 6.89. The highest BCUT2D eigenvalue weighted by Crippen LogP contribution is 2.37. The molecule has 1 fully saturated rings. The van der Waals surface area contributed by atoms with Gasteiger partial charge in [-0.2, -0.15) is 0 Å². The molecular weight excluding hydrogens is 226 g/mol. The van der Waals surface area contributed by atoms with Crippen LogP contribution in [0.1, 0.15) is 39.5 Å². The molecule has 0 radical (unpaired) electrons. The van der Waals surface area contributed by atoms with Gasteiger partial charge in [0.15, 0.2) is 9.84 Å². The average molecular weight is 249 g/mol. The Balaban J connectivity index is 0.000000385. The molecule has 1 saturated heterocycles. The van der Waals surface area contributed by atoms with Crippen molar-refractivity contribution in [1.29, 1.82) is 0 Å². The number of sulfone groups is 1. The summed E-state index contributed by atoms with van der Waals surface area (Å²) >= 11 is 0. The molecule has 0 aromatic heterocycles. The summed E-state index contributed by atoms with van der Waals surface area (Å²) in [6, 6.07) is 0.